The SMILES string of the molecule is CCOC(=O)Cn1ncc2c1CCCC2N(C)S(=O)(=O)c1ccc(Oc2ccc(Br)cc2)c(Cl)c1. The highest BCUT2D eigenvalue weighted by Gasteiger charge is 2.34. The molecule has 2 aromatic carbocycles. The normalized spacial score (nSPS) is 15.6. The van der Waals surface area contributed by atoms with E-state index in [1.54, 1.807) is 43.0 Å². The Labute approximate surface area is 218 Å². The third-order valence-corrected chi connectivity index (χ3v) is 8.56. The van der Waals surface area contributed by atoms with Gasteiger partial charge in [-0.25, -0.2) is 8.42 Å². The summed E-state index contributed by atoms with van der Waals surface area (Å²) in [5, 5.41) is 4.52. The van der Waals surface area contributed by atoms with Crippen LogP contribution in [-0.4, -0.2) is 42.1 Å². The summed E-state index contributed by atoms with van der Waals surface area (Å²) in [6.07, 6.45) is 3.78. The maximum absolute atomic E-state index is 13.5. The minimum absolute atomic E-state index is 0.00178. The molecule has 1 unspecified atom stereocenters. The second kappa shape index (κ2) is 10.7. The van der Waals surface area contributed by atoms with Crippen LogP contribution in [0.2, 0.25) is 5.02 Å². The van der Waals surface area contributed by atoms with Crippen LogP contribution in [0.1, 0.15) is 37.1 Å². The van der Waals surface area contributed by atoms with Crippen LogP contribution in [0.25, 0.3) is 0 Å². The van der Waals surface area contributed by atoms with Crippen molar-refractivity contribution in [2.45, 2.75) is 43.7 Å². The molecule has 0 fully saturated rings. The van der Waals surface area contributed by atoms with Gasteiger partial charge in [0.05, 0.1) is 28.8 Å². The van der Waals surface area contributed by atoms with E-state index < -0.39 is 16.1 Å². The van der Waals surface area contributed by atoms with Crippen LogP contribution in [0.4, 0.5) is 0 Å². The molecule has 1 aliphatic carbocycles. The van der Waals surface area contributed by atoms with E-state index in [1.807, 2.05) is 12.1 Å². The number of halogens is 2. The number of nitrogens with zero attached hydrogens (tertiary/aromatic N) is 3. The number of esters is 1. The topological polar surface area (TPSA) is 90.7 Å². The average molecular weight is 583 g/mol. The van der Waals surface area contributed by atoms with Crippen molar-refractivity contribution in [2.75, 3.05) is 13.7 Å². The number of aromatic nitrogens is 2. The minimum atomic E-state index is -3.86. The van der Waals surface area contributed by atoms with Crippen molar-refractivity contribution >= 4 is 43.5 Å². The first-order chi connectivity index (χ1) is 16.7. The summed E-state index contributed by atoms with van der Waals surface area (Å²) >= 11 is 9.76. The fourth-order valence-corrected chi connectivity index (χ4v) is 6.07. The molecule has 186 valence electrons. The summed E-state index contributed by atoms with van der Waals surface area (Å²) in [7, 11) is -2.31. The van der Waals surface area contributed by atoms with E-state index in [1.165, 1.54) is 16.4 Å². The zero-order valence-corrected chi connectivity index (χ0v) is 22.4. The Kier molecular flexibility index (Phi) is 7.85. The lowest BCUT2D eigenvalue weighted by molar-refractivity contribution is -0.144. The molecule has 0 radical (unpaired) electrons. The first kappa shape index (κ1) is 25.7. The number of ether oxygens (including phenoxy) is 2. The lowest BCUT2D eigenvalue weighted by Crippen LogP contribution is -2.33. The molecule has 3 aromatic rings. The highest BCUT2D eigenvalue weighted by molar-refractivity contribution is 9.10. The van der Waals surface area contributed by atoms with Gasteiger partial charge in [0.15, 0.2) is 0 Å². The van der Waals surface area contributed by atoms with Crippen LogP contribution in [0.5, 0.6) is 11.5 Å². The number of hydrogen-bond acceptors (Lipinski definition) is 6. The van der Waals surface area contributed by atoms with Crippen molar-refractivity contribution in [3.63, 3.8) is 0 Å². The van der Waals surface area contributed by atoms with Crippen LogP contribution in [-0.2, 0) is 32.5 Å². The van der Waals surface area contributed by atoms with Crippen molar-refractivity contribution < 1.29 is 22.7 Å². The quantitative estimate of drug-likeness (QED) is 0.333. The molecule has 1 heterocycles. The highest BCUT2D eigenvalue weighted by atomic mass is 79.9. The Morgan fingerprint density at radius 3 is 2.69 bits per heavy atom. The summed E-state index contributed by atoms with van der Waals surface area (Å²) in [6, 6.07) is 11.3. The molecule has 0 bridgehead atoms. The first-order valence-corrected chi connectivity index (χ1v) is 13.7. The maximum Gasteiger partial charge on any atom is 0.327 e. The predicted octanol–water partition coefficient (Wildman–Crippen LogP) is 5.35. The molecule has 0 N–H and O–H groups in total. The van der Waals surface area contributed by atoms with E-state index in [4.69, 9.17) is 21.1 Å². The third-order valence-electron chi connectivity index (χ3n) is 5.88. The van der Waals surface area contributed by atoms with Gasteiger partial charge < -0.3 is 9.47 Å². The molecule has 11 heteroatoms. The van der Waals surface area contributed by atoms with Gasteiger partial charge in [-0.2, -0.15) is 9.40 Å². The number of carbonyl (C=O) groups excluding carboxylic acids is 1. The molecule has 0 saturated heterocycles. The smallest absolute Gasteiger partial charge is 0.327 e. The van der Waals surface area contributed by atoms with Crippen molar-refractivity contribution in [2.24, 2.45) is 0 Å². The maximum atomic E-state index is 13.5. The summed E-state index contributed by atoms with van der Waals surface area (Å²) in [4.78, 5) is 12.0. The fourth-order valence-electron chi connectivity index (χ4n) is 4.13. The highest BCUT2D eigenvalue weighted by Crippen LogP contribution is 2.38. The lowest BCUT2D eigenvalue weighted by Gasteiger charge is -2.31. The van der Waals surface area contributed by atoms with Gasteiger partial charge in [-0.05, 0) is 68.7 Å². The zero-order valence-electron chi connectivity index (χ0n) is 19.3. The fraction of sp³-hybridized carbons (Fsp3) is 0.333. The molecule has 1 aliphatic rings. The summed E-state index contributed by atoms with van der Waals surface area (Å²) in [5.74, 6) is 0.565. The van der Waals surface area contributed by atoms with Crippen molar-refractivity contribution in [1.82, 2.24) is 14.1 Å². The molecule has 0 saturated carbocycles. The summed E-state index contributed by atoms with van der Waals surface area (Å²) < 4.78 is 41.7. The Balaban J connectivity index is 1.56. The molecule has 1 atom stereocenters. The minimum Gasteiger partial charge on any atom is -0.465 e. The molecule has 0 spiro atoms. The van der Waals surface area contributed by atoms with Gasteiger partial charge in [-0.15, -0.1) is 0 Å². The van der Waals surface area contributed by atoms with Gasteiger partial charge in [-0.1, -0.05) is 27.5 Å². The van der Waals surface area contributed by atoms with E-state index in [0.717, 1.165) is 22.2 Å². The van der Waals surface area contributed by atoms with Crippen LogP contribution in [0, 0.1) is 0 Å². The van der Waals surface area contributed by atoms with Crippen LogP contribution < -0.4 is 4.74 Å². The second-order valence-electron chi connectivity index (χ2n) is 8.09. The molecule has 0 aliphatic heterocycles. The Bertz CT molecular complexity index is 1330. The predicted molar refractivity (Wildman–Crippen MR) is 135 cm³/mol. The van der Waals surface area contributed by atoms with Crippen LogP contribution >= 0.6 is 27.5 Å². The standard InChI is InChI=1S/C24H25BrClN3O5S/c1-3-33-24(30)15-29-22-6-4-5-21(19(22)14-27-29)28(2)35(31,32)18-11-12-23(20(26)13-18)34-17-9-7-16(25)8-10-17/h7-14,21H,3-6,15H2,1-2H3. The van der Waals surface area contributed by atoms with Crippen molar-refractivity contribution in [3.8, 4) is 11.5 Å². The second-order valence-corrected chi connectivity index (χ2v) is 11.4. The van der Waals surface area contributed by atoms with Gasteiger partial charge in [0.25, 0.3) is 0 Å². The molecular weight excluding hydrogens is 558 g/mol. The van der Waals surface area contributed by atoms with Crippen molar-refractivity contribution in [3.05, 3.63) is 69.4 Å². The molecular formula is C24H25BrClN3O5S. The average Bonchev–Trinajstić information content (AvgIpc) is 3.24. The number of sulfonamides is 1. The monoisotopic (exact) mass is 581 g/mol. The summed E-state index contributed by atoms with van der Waals surface area (Å²) in [6.45, 7) is 2.04. The molecule has 35 heavy (non-hydrogen) atoms. The summed E-state index contributed by atoms with van der Waals surface area (Å²) in [5.41, 5.74) is 1.65. The number of benzene rings is 2. The van der Waals surface area contributed by atoms with Crippen molar-refractivity contribution in [1.29, 1.82) is 0 Å². The van der Waals surface area contributed by atoms with E-state index in [0.29, 0.717) is 30.9 Å². The Morgan fingerprint density at radius 2 is 2.00 bits per heavy atom. The first-order valence-electron chi connectivity index (χ1n) is 11.1. The van der Waals surface area contributed by atoms with Crippen LogP contribution in [0.15, 0.2) is 58.0 Å². The zero-order chi connectivity index (χ0) is 25.2. The molecule has 4 rings (SSSR count). The van der Waals surface area contributed by atoms with Gasteiger partial charge in [0.2, 0.25) is 10.0 Å². The lowest BCUT2D eigenvalue weighted by atomic mass is 9.93. The largest absolute Gasteiger partial charge is 0.465 e. The van der Waals surface area contributed by atoms with E-state index in [-0.39, 0.29) is 22.4 Å². The van der Waals surface area contributed by atoms with Crippen LogP contribution in [0.3, 0.4) is 0 Å². The van der Waals surface area contributed by atoms with E-state index >= 15 is 0 Å². The molecule has 8 nitrogen and oxygen atoms in total. The molecule has 0 amide bonds. The number of rotatable bonds is 8. The number of carbonyl (C=O) groups is 1. The van der Waals surface area contributed by atoms with E-state index in [2.05, 4.69) is 21.0 Å². The van der Waals surface area contributed by atoms with Gasteiger partial charge in [0, 0.05) is 22.8 Å². The van der Waals surface area contributed by atoms with Gasteiger partial charge >= 0.3 is 5.97 Å². The Hall–Kier alpha value is -2.40. The van der Waals surface area contributed by atoms with E-state index in [9.17, 15) is 13.2 Å². The third kappa shape index (κ3) is 5.55. The Morgan fingerprint density at radius 1 is 1.26 bits per heavy atom. The number of fused-ring (bicyclic) bond motifs is 1. The van der Waals surface area contributed by atoms with Gasteiger partial charge in [-0.3, -0.25) is 9.48 Å². The molecule has 1 aromatic heterocycles. The van der Waals surface area contributed by atoms with Gasteiger partial charge in [0.1, 0.15) is 18.0 Å². The number of hydrogen-bond donors (Lipinski definition) is 0.